The summed E-state index contributed by atoms with van der Waals surface area (Å²) in [4.78, 5) is 4.90. The van der Waals surface area contributed by atoms with E-state index >= 15 is 0 Å². The molecule has 3 heteroatoms. The highest BCUT2D eigenvalue weighted by Gasteiger charge is 2.23. The summed E-state index contributed by atoms with van der Waals surface area (Å²) in [7, 11) is 4.46. The normalized spacial score (nSPS) is 25.0. The molecular formula is C17H27N3. The summed E-state index contributed by atoms with van der Waals surface area (Å²) in [5.74, 6) is 0.864. The van der Waals surface area contributed by atoms with Gasteiger partial charge in [0, 0.05) is 38.8 Å². The zero-order valence-electron chi connectivity index (χ0n) is 12.8. The molecule has 1 N–H and O–H groups in total. The molecule has 0 aromatic heterocycles. The lowest BCUT2D eigenvalue weighted by atomic mass is 10.1. The average molecular weight is 273 g/mol. The van der Waals surface area contributed by atoms with Crippen LogP contribution in [0.1, 0.15) is 29.9 Å². The standard InChI is InChI=1S/C17H27N3/c1-19-9-10-20(2)17(13-19)12-18-11-14-3-5-15(6-4-14)16-7-8-16/h3-6,16-18H,7-13H2,1-2H3. The van der Waals surface area contributed by atoms with Gasteiger partial charge in [-0.15, -0.1) is 0 Å². The van der Waals surface area contributed by atoms with Gasteiger partial charge in [-0.1, -0.05) is 24.3 Å². The Bertz CT molecular complexity index is 424. The second kappa shape index (κ2) is 6.25. The number of nitrogens with one attached hydrogen (secondary N) is 1. The molecule has 1 saturated carbocycles. The minimum atomic E-state index is 0.638. The third-order valence-corrected chi connectivity index (χ3v) is 4.72. The van der Waals surface area contributed by atoms with Crippen molar-refractivity contribution in [3.05, 3.63) is 35.4 Å². The van der Waals surface area contributed by atoms with Crippen LogP contribution in [0.3, 0.4) is 0 Å². The van der Waals surface area contributed by atoms with E-state index in [1.165, 1.54) is 43.6 Å². The summed E-state index contributed by atoms with van der Waals surface area (Å²) in [6.45, 7) is 5.60. The Morgan fingerprint density at radius 3 is 2.55 bits per heavy atom. The van der Waals surface area contributed by atoms with Gasteiger partial charge in [0.1, 0.15) is 0 Å². The Morgan fingerprint density at radius 1 is 1.10 bits per heavy atom. The number of piperazine rings is 1. The first-order chi connectivity index (χ1) is 9.72. The van der Waals surface area contributed by atoms with Gasteiger partial charge in [-0.2, -0.15) is 0 Å². The first-order valence-corrected chi connectivity index (χ1v) is 7.91. The van der Waals surface area contributed by atoms with Crippen molar-refractivity contribution in [2.24, 2.45) is 0 Å². The number of nitrogens with zero attached hydrogens (tertiary/aromatic N) is 2. The lowest BCUT2D eigenvalue weighted by Crippen LogP contribution is -2.53. The number of likely N-dealkylation sites (N-methyl/N-ethyl adjacent to an activating group) is 2. The molecule has 110 valence electrons. The number of hydrogen-bond donors (Lipinski definition) is 1. The SMILES string of the molecule is CN1CCN(C)C(CNCc2ccc(C3CC3)cc2)C1. The Balaban J connectivity index is 1.44. The number of benzene rings is 1. The van der Waals surface area contributed by atoms with Gasteiger partial charge >= 0.3 is 0 Å². The molecule has 0 radical (unpaired) electrons. The highest BCUT2D eigenvalue weighted by atomic mass is 15.3. The van der Waals surface area contributed by atoms with E-state index in [1.807, 2.05) is 0 Å². The van der Waals surface area contributed by atoms with Crippen molar-refractivity contribution in [1.29, 1.82) is 0 Å². The summed E-state index contributed by atoms with van der Waals surface area (Å²) >= 11 is 0. The molecule has 1 saturated heterocycles. The molecule has 2 fully saturated rings. The minimum absolute atomic E-state index is 0.638. The minimum Gasteiger partial charge on any atom is -0.311 e. The van der Waals surface area contributed by atoms with Crippen LogP contribution in [0, 0.1) is 0 Å². The molecule has 0 spiro atoms. The number of hydrogen-bond acceptors (Lipinski definition) is 3. The third-order valence-electron chi connectivity index (χ3n) is 4.72. The Hall–Kier alpha value is -0.900. The van der Waals surface area contributed by atoms with Crippen molar-refractivity contribution in [2.45, 2.75) is 31.3 Å². The molecule has 20 heavy (non-hydrogen) atoms. The monoisotopic (exact) mass is 273 g/mol. The van der Waals surface area contributed by atoms with E-state index in [4.69, 9.17) is 0 Å². The van der Waals surface area contributed by atoms with Gasteiger partial charge in [-0.25, -0.2) is 0 Å². The first kappa shape index (κ1) is 14.1. The first-order valence-electron chi connectivity index (χ1n) is 7.91. The summed E-state index contributed by atoms with van der Waals surface area (Å²) in [6, 6.07) is 9.85. The maximum absolute atomic E-state index is 3.62. The zero-order valence-corrected chi connectivity index (χ0v) is 12.8. The number of rotatable bonds is 5. The third kappa shape index (κ3) is 3.60. The maximum atomic E-state index is 3.62. The molecule has 3 rings (SSSR count). The summed E-state index contributed by atoms with van der Waals surface area (Å²) in [6.07, 6.45) is 2.78. The van der Waals surface area contributed by atoms with Gasteiger partial charge in [-0.05, 0) is 44.0 Å². The molecule has 1 aromatic rings. The molecule has 1 heterocycles. The van der Waals surface area contributed by atoms with Crippen molar-refractivity contribution in [1.82, 2.24) is 15.1 Å². The predicted octanol–water partition coefficient (Wildman–Crippen LogP) is 1.90. The van der Waals surface area contributed by atoms with Crippen molar-refractivity contribution in [3.63, 3.8) is 0 Å². The topological polar surface area (TPSA) is 18.5 Å². The van der Waals surface area contributed by atoms with E-state index < -0.39 is 0 Å². The second-order valence-electron chi connectivity index (χ2n) is 6.54. The molecule has 1 atom stereocenters. The molecule has 1 unspecified atom stereocenters. The lowest BCUT2D eigenvalue weighted by Gasteiger charge is -2.37. The van der Waals surface area contributed by atoms with Crippen LogP contribution in [0.2, 0.25) is 0 Å². The zero-order chi connectivity index (χ0) is 13.9. The molecule has 1 aliphatic carbocycles. The van der Waals surface area contributed by atoms with Crippen LogP contribution in [0.25, 0.3) is 0 Å². The van der Waals surface area contributed by atoms with E-state index in [-0.39, 0.29) is 0 Å². The van der Waals surface area contributed by atoms with Gasteiger partial charge in [0.25, 0.3) is 0 Å². The Kier molecular flexibility index (Phi) is 4.39. The van der Waals surface area contributed by atoms with E-state index in [0.717, 1.165) is 19.0 Å². The molecule has 0 amide bonds. The van der Waals surface area contributed by atoms with Gasteiger partial charge in [0.15, 0.2) is 0 Å². The van der Waals surface area contributed by atoms with Gasteiger partial charge in [0.05, 0.1) is 0 Å². The highest BCUT2D eigenvalue weighted by Crippen LogP contribution is 2.39. The van der Waals surface area contributed by atoms with Crippen LogP contribution in [0.5, 0.6) is 0 Å². The Morgan fingerprint density at radius 2 is 1.85 bits per heavy atom. The van der Waals surface area contributed by atoms with E-state index in [2.05, 4.69) is 53.5 Å². The lowest BCUT2D eigenvalue weighted by molar-refractivity contribution is 0.113. The molecule has 0 bridgehead atoms. The molecule has 1 aromatic carbocycles. The van der Waals surface area contributed by atoms with Crippen molar-refractivity contribution < 1.29 is 0 Å². The van der Waals surface area contributed by atoms with Crippen molar-refractivity contribution in [3.8, 4) is 0 Å². The smallest absolute Gasteiger partial charge is 0.0345 e. The van der Waals surface area contributed by atoms with E-state index in [0.29, 0.717) is 6.04 Å². The van der Waals surface area contributed by atoms with Crippen LogP contribution >= 0.6 is 0 Å². The summed E-state index contributed by atoms with van der Waals surface area (Å²) in [5.41, 5.74) is 2.93. The second-order valence-corrected chi connectivity index (χ2v) is 6.54. The Labute approximate surface area is 123 Å². The maximum Gasteiger partial charge on any atom is 0.0345 e. The van der Waals surface area contributed by atoms with E-state index in [1.54, 1.807) is 0 Å². The largest absolute Gasteiger partial charge is 0.311 e. The van der Waals surface area contributed by atoms with Crippen LogP contribution in [0.4, 0.5) is 0 Å². The van der Waals surface area contributed by atoms with Crippen LogP contribution in [-0.2, 0) is 6.54 Å². The van der Waals surface area contributed by atoms with Gasteiger partial charge in [-0.3, -0.25) is 4.90 Å². The molecular weight excluding hydrogens is 246 g/mol. The molecule has 3 nitrogen and oxygen atoms in total. The predicted molar refractivity (Wildman–Crippen MR) is 84.0 cm³/mol. The van der Waals surface area contributed by atoms with Crippen LogP contribution in [-0.4, -0.2) is 56.1 Å². The molecule has 2 aliphatic rings. The molecule has 1 aliphatic heterocycles. The fraction of sp³-hybridized carbons (Fsp3) is 0.647. The fourth-order valence-electron chi connectivity index (χ4n) is 3.03. The van der Waals surface area contributed by atoms with Crippen LogP contribution < -0.4 is 5.32 Å². The van der Waals surface area contributed by atoms with Crippen LogP contribution in [0.15, 0.2) is 24.3 Å². The van der Waals surface area contributed by atoms with Crippen molar-refractivity contribution in [2.75, 3.05) is 40.3 Å². The summed E-state index contributed by atoms with van der Waals surface area (Å²) < 4.78 is 0. The van der Waals surface area contributed by atoms with Gasteiger partial charge < -0.3 is 10.2 Å². The van der Waals surface area contributed by atoms with Gasteiger partial charge in [0.2, 0.25) is 0 Å². The summed E-state index contributed by atoms with van der Waals surface area (Å²) in [5, 5.41) is 3.62. The van der Waals surface area contributed by atoms with Crippen molar-refractivity contribution >= 4 is 0 Å². The quantitative estimate of drug-likeness (QED) is 0.884. The van der Waals surface area contributed by atoms with E-state index in [9.17, 15) is 0 Å². The highest BCUT2D eigenvalue weighted by molar-refractivity contribution is 5.27. The fourth-order valence-corrected chi connectivity index (χ4v) is 3.03. The average Bonchev–Trinajstić information content (AvgIpc) is 3.28.